The Morgan fingerprint density at radius 2 is 1.86 bits per heavy atom. The standard InChI is InChI=1S/C16H14F3NO2/c17-12-3-1-2-11(10-12)4-9-15(21)20-13-5-7-14(8-6-13)22-16(18)19/h1-3,5-8,10,16H,4,9H2,(H,20,21). The van der Waals surface area contributed by atoms with E-state index in [0.29, 0.717) is 12.1 Å². The number of amides is 1. The lowest BCUT2D eigenvalue weighted by molar-refractivity contribution is -0.116. The fourth-order valence-electron chi connectivity index (χ4n) is 1.89. The van der Waals surface area contributed by atoms with Crippen molar-refractivity contribution in [1.82, 2.24) is 0 Å². The van der Waals surface area contributed by atoms with Crippen molar-refractivity contribution in [2.75, 3.05) is 5.32 Å². The highest BCUT2D eigenvalue weighted by molar-refractivity contribution is 5.90. The summed E-state index contributed by atoms with van der Waals surface area (Å²) in [7, 11) is 0. The molecular weight excluding hydrogens is 295 g/mol. The van der Waals surface area contributed by atoms with E-state index in [2.05, 4.69) is 10.1 Å². The summed E-state index contributed by atoms with van der Waals surface area (Å²) < 4.78 is 41.2. The van der Waals surface area contributed by atoms with Gasteiger partial charge >= 0.3 is 6.61 Å². The molecule has 0 bridgehead atoms. The molecule has 0 aliphatic rings. The second-order valence-corrected chi connectivity index (χ2v) is 4.58. The molecule has 0 aliphatic carbocycles. The molecule has 0 saturated heterocycles. The van der Waals surface area contributed by atoms with Crippen LogP contribution < -0.4 is 10.1 Å². The Labute approximate surface area is 125 Å². The second-order valence-electron chi connectivity index (χ2n) is 4.58. The molecule has 1 amide bonds. The van der Waals surface area contributed by atoms with E-state index in [4.69, 9.17) is 0 Å². The predicted octanol–water partition coefficient (Wildman–Crippen LogP) is 4.00. The number of alkyl halides is 2. The summed E-state index contributed by atoms with van der Waals surface area (Å²) in [5.41, 5.74) is 1.21. The smallest absolute Gasteiger partial charge is 0.387 e. The molecule has 6 heteroatoms. The van der Waals surface area contributed by atoms with Gasteiger partial charge in [0.05, 0.1) is 0 Å². The summed E-state index contributed by atoms with van der Waals surface area (Å²) in [5.74, 6) is -0.563. The van der Waals surface area contributed by atoms with Crippen molar-refractivity contribution in [3.8, 4) is 5.75 Å². The molecule has 2 rings (SSSR count). The Morgan fingerprint density at radius 3 is 2.50 bits per heavy atom. The minimum Gasteiger partial charge on any atom is -0.435 e. The molecule has 0 spiro atoms. The Hall–Kier alpha value is -2.50. The van der Waals surface area contributed by atoms with E-state index >= 15 is 0 Å². The number of anilines is 1. The summed E-state index contributed by atoms with van der Waals surface area (Å²) in [4.78, 5) is 11.8. The number of rotatable bonds is 6. The molecule has 0 atom stereocenters. The first-order valence-electron chi connectivity index (χ1n) is 6.62. The van der Waals surface area contributed by atoms with E-state index in [0.717, 1.165) is 5.56 Å². The quantitative estimate of drug-likeness (QED) is 0.876. The molecule has 3 nitrogen and oxygen atoms in total. The van der Waals surface area contributed by atoms with Gasteiger partial charge in [-0.05, 0) is 48.4 Å². The monoisotopic (exact) mass is 309 g/mol. The number of halogens is 3. The Balaban J connectivity index is 1.84. The van der Waals surface area contributed by atoms with Gasteiger partial charge in [-0.25, -0.2) is 4.39 Å². The van der Waals surface area contributed by atoms with Crippen LogP contribution in [0.3, 0.4) is 0 Å². The van der Waals surface area contributed by atoms with Crippen LogP contribution in [0.5, 0.6) is 5.75 Å². The zero-order valence-corrected chi connectivity index (χ0v) is 11.6. The summed E-state index contributed by atoms with van der Waals surface area (Å²) in [6, 6.07) is 11.7. The lowest BCUT2D eigenvalue weighted by Crippen LogP contribution is -2.12. The van der Waals surface area contributed by atoms with Gasteiger partial charge in [0, 0.05) is 12.1 Å². The normalized spacial score (nSPS) is 10.5. The minimum absolute atomic E-state index is 0.0211. The number of hydrogen-bond donors (Lipinski definition) is 1. The largest absolute Gasteiger partial charge is 0.435 e. The third-order valence-electron chi connectivity index (χ3n) is 2.89. The Morgan fingerprint density at radius 1 is 1.14 bits per heavy atom. The Kier molecular flexibility index (Phi) is 5.41. The molecule has 0 radical (unpaired) electrons. The predicted molar refractivity (Wildman–Crippen MR) is 76.4 cm³/mol. The summed E-state index contributed by atoms with van der Waals surface area (Å²) in [6.45, 7) is -2.88. The van der Waals surface area contributed by atoms with E-state index in [1.54, 1.807) is 12.1 Å². The number of hydrogen-bond acceptors (Lipinski definition) is 2. The van der Waals surface area contributed by atoms with E-state index < -0.39 is 6.61 Å². The van der Waals surface area contributed by atoms with Crippen molar-refractivity contribution in [3.05, 3.63) is 59.9 Å². The van der Waals surface area contributed by atoms with Gasteiger partial charge in [0.15, 0.2) is 0 Å². The molecule has 22 heavy (non-hydrogen) atoms. The summed E-state index contributed by atoms with van der Waals surface area (Å²) in [6.07, 6.45) is 0.606. The number of ether oxygens (including phenoxy) is 1. The fourth-order valence-corrected chi connectivity index (χ4v) is 1.89. The zero-order valence-electron chi connectivity index (χ0n) is 11.6. The first-order valence-corrected chi connectivity index (χ1v) is 6.62. The van der Waals surface area contributed by atoms with Gasteiger partial charge in [-0.15, -0.1) is 0 Å². The van der Waals surface area contributed by atoms with Gasteiger partial charge in [0.1, 0.15) is 11.6 Å². The van der Waals surface area contributed by atoms with Crippen LogP contribution in [0.2, 0.25) is 0 Å². The maximum absolute atomic E-state index is 13.0. The van der Waals surface area contributed by atoms with Gasteiger partial charge in [-0.1, -0.05) is 12.1 Å². The van der Waals surface area contributed by atoms with Crippen LogP contribution in [0.25, 0.3) is 0 Å². The molecule has 1 N–H and O–H groups in total. The highest BCUT2D eigenvalue weighted by atomic mass is 19.3. The van der Waals surface area contributed by atoms with Gasteiger partial charge in [-0.2, -0.15) is 8.78 Å². The fraction of sp³-hybridized carbons (Fsp3) is 0.188. The highest BCUT2D eigenvalue weighted by Gasteiger charge is 2.06. The van der Waals surface area contributed by atoms with Crippen LogP contribution in [0.1, 0.15) is 12.0 Å². The van der Waals surface area contributed by atoms with Crippen molar-refractivity contribution in [2.24, 2.45) is 0 Å². The van der Waals surface area contributed by atoms with E-state index in [1.807, 2.05) is 0 Å². The maximum atomic E-state index is 13.0. The second kappa shape index (κ2) is 7.49. The van der Waals surface area contributed by atoms with Crippen molar-refractivity contribution >= 4 is 11.6 Å². The number of benzene rings is 2. The molecule has 2 aromatic carbocycles. The molecule has 0 fully saturated rings. The van der Waals surface area contributed by atoms with Gasteiger partial charge in [0.25, 0.3) is 0 Å². The highest BCUT2D eigenvalue weighted by Crippen LogP contribution is 2.18. The molecule has 0 heterocycles. The van der Waals surface area contributed by atoms with Crippen LogP contribution >= 0.6 is 0 Å². The van der Waals surface area contributed by atoms with Crippen LogP contribution in [0, 0.1) is 5.82 Å². The SMILES string of the molecule is O=C(CCc1cccc(F)c1)Nc1ccc(OC(F)F)cc1. The van der Waals surface area contributed by atoms with E-state index in [1.165, 1.54) is 36.4 Å². The molecular formula is C16H14F3NO2. The molecule has 0 aromatic heterocycles. The zero-order chi connectivity index (χ0) is 15.9. The van der Waals surface area contributed by atoms with Crippen LogP contribution in [0.4, 0.5) is 18.9 Å². The van der Waals surface area contributed by atoms with E-state index in [-0.39, 0.29) is 23.9 Å². The molecule has 116 valence electrons. The third kappa shape index (κ3) is 5.12. The lowest BCUT2D eigenvalue weighted by Gasteiger charge is -2.07. The lowest BCUT2D eigenvalue weighted by atomic mass is 10.1. The maximum Gasteiger partial charge on any atom is 0.387 e. The molecule has 0 unspecified atom stereocenters. The number of nitrogens with one attached hydrogen (secondary N) is 1. The van der Waals surface area contributed by atoms with Gasteiger partial charge < -0.3 is 10.1 Å². The number of carbonyl (C=O) groups is 1. The van der Waals surface area contributed by atoms with Crippen LogP contribution in [-0.4, -0.2) is 12.5 Å². The average molecular weight is 309 g/mol. The molecule has 0 aliphatic heterocycles. The number of aryl methyl sites for hydroxylation is 1. The molecule has 2 aromatic rings. The topological polar surface area (TPSA) is 38.3 Å². The van der Waals surface area contributed by atoms with Crippen molar-refractivity contribution in [1.29, 1.82) is 0 Å². The third-order valence-corrected chi connectivity index (χ3v) is 2.89. The van der Waals surface area contributed by atoms with Crippen molar-refractivity contribution in [2.45, 2.75) is 19.5 Å². The average Bonchev–Trinajstić information content (AvgIpc) is 2.47. The minimum atomic E-state index is -2.88. The summed E-state index contributed by atoms with van der Waals surface area (Å²) >= 11 is 0. The first kappa shape index (κ1) is 15.9. The van der Waals surface area contributed by atoms with Gasteiger partial charge in [0.2, 0.25) is 5.91 Å². The molecule has 0 saturated carbocycles. The van der Waals surface area contributed by atoms with Crippen molar-refractivity contribution < 1.29 is 22.7 Å². The van der Waals surface area contributed by atoms with Gasteiger partial charge in [-0.3, -0.25) is 4.79 Å². The number of carbonyl (C=O) groups excluding carboxylic acids is 1. The van der Waals surface area contributed by atoms with Crippen molar-refractivity contribution in [3.63, 3.8) is 0 Å². The summed E-state index contributed by atoms with van der Waals surface area (Å²) in [5, 5.41) is 2.63. The van der Waals surface area contributed by atoms with E-state index in [9.17, 15) is 18.0 Å². The first-order chi connectivity index (χ1) is 10.5. The Bertz CT molecular complexity index is 630. The van der Waals surface area contributed by atoms with Crippen LogP contribution in [-0.2, 0) is 11.2 Å². The van der Waals surface area contributed by atoms with Crippen LogP contribution in [0.15, 0.2) is 48.5 Å².